The number of rotatable bonds is 11. The summed E-state index contributed by atoms with van der Waals surface area (Å²) in [5.41, 5.74) is 2.62. The number of benzene rings is 3. The third kappa shape index (κ3) is 13.4. The molecule has 3 aromatic carbocycles. The van der Waals surface area contributed by atoms with Crippen molar-refractivity contribution in [3.05, 3.63) is 88.5 Å². The van der Waals surface area contributed by atoms with Gasteiger partial charge in [-0.1, -0.05) is 12.1 Å². The molecule has 3 aromatic rings. The fraction of sp³-hybridized carbons (Fsp3) is 0.458. The van der Waals surface area contributed by atoms with E-state index >= 15 is 0 Å². The van der Waals surface area contributed by atoms with Gasteiger partial charge in [0.2, 0.25) is 47.3 Å². The number of carbonyl (C=O) groups is 8. The Morgan fingerprint density at radius 3 is 1.54 bits per heavy atom. The molecule has 0 spiro atoms. The number of nitro groups is 1. The summed E-state index contributed by atoms with van der Waals surface area (Å²) in [7, 11) is 0. The largest absolute Gasteiger partial charge is 0.492 e. The Morgan fingerprint density at radius 2 is 1.07 bits per heavy atom. The lowest BCUT2D eigenvalue weighted by atomic mass is 10.0. The molecular formula is C48H58N12O11. The molecule has 376 valence electrons. The van der Waals surface area contributed by atoms with E-state index in [9.17, 15) is 48.5 Å². The Labute approximate surface area is 409 Å². The van der Waals surface area contributed by atoms with Crippen molar-refractivity contribution in [3.8, 4) is 5.75 Å². The van der Waals surface area contributed by atoms with Crippen LogP contribution in [0, 0.1) is 10.1 Å². The van der Waals surface area contributed by atoms with Gasteiger partial charge in [-0.15, -0.1) is 0 Å². The lowest BCUT2D eigenvalue weighted by Crippen LogP contribution is -2.55. The van der Waals surface area contributed by atoms with Gasteiger partial charge in [-0.05, 0) is 99.5 Å². The minimum atomic E-state index is -1.20. The second kappa shape index (κ2) is 24.0. The zero-order chi connectivity index (χ0) is 50.4. The smallest absolute Gasteiger partial charge is 0.269 e. The highest BCUT2D eigenvalue weighted by atomic mass is 16.6. The lowest BCUT2D eigenvalue weighted by molar-refractivity contribution is -0.384. The number of nitro benzene ring substituents is 1. The average Bonchev–Trinajstić information content (AvgIpc) is 4.19. The van der Waals surface area contributed by atoms with E-state index in [2.05, 4.69) is 41.7 Å². The number of nitrogens with one attached hydrogen (secondary N) is 5. The lowest BCUT2D eigenvalue weighted by Gasteiger charge is -2.27. The summed E-state index contributed by atoms with van der Waals surface area (Å²) >= 11 is 0. The molecule has 5 N–H and O–H groups in total. The molecule has 4 aliphatic rings. The molecule has 4 atom stereocenters. The van der Waals surface area contributed by atoms with Crippen LogP contribution in [0.3, 0.4) is 0 Å². The monoisotopic (exact) mass is 978 g/mol. The summed E-state index contributed by atoms with van der Waals surface area (Å²) in [5, 5.41) is 32.4. The molecule has 0 bridgehead atoms. The minimum absolute atomic E-state index is 0.00961. The first kappa shape index (κ1) is 50.9. The van der Waals surface area contributed by atoms with Crippen molar-refractivity contribution in [1.82, 2.24) is 41.3 Å². The molecule has 0 unspecified atom stereocenters. The van der Waals surface area contributed by atoms with Crippen molar-refractivity contribution >= 4 is 70.0 Å². The SMILES string of the molecule is CCN(CCOc1ccc(C[C@@H]2NC(=O)CNC(=O)[C@@H]3CCCN3C(=O)CNC(=O)[C@@H]3CCCN3C(=O)CNC(=O)[C@@H]3CCCN3C(=O)CNC2=O)cc1)c1ccc(N=Nc2ccc([N+](=O)[O-])cc2)cc1. The van der Waals surface area contributed by atoms with E-state index in [1.807, 2.05) is 31.2 Å². The fourth-order valence-electron chi connectivity index (χ4n) is 9.09. The molecule has 0 radical (unpaired) electrons. The standard InChI is InChI=1S/C48H58N12O11/c1-2-56(34-15-11-32(12-16-34)54-55-33-13-17-35(18-14-33)60(69)70)24-25-71-36-19-9-31(10-20-36)26-37-45(65)50-28-42(62)58-22-4-7-39(58)47(67)52-30-44(64)59-23-5-8-40(59)48(68)51-29-43(63)57-21-3-6-38(57)46(66)49-27-41(61)53-37/h9-20,37-40H,2-8,21-30H2,1H3,(H,49,66)(H,50,65)(H,51,68)(H,52,67)(H,53,61)/t37-,38-,39-,40-/m0/s1. The predicted octanol–water partition coefficient (Wildman–Crippen LogP) is 1.39. The summed E-state index contributed by atoms with van der Waals surface area (Å²) in [4.78, 5) is 124. The summed E-state index contributed by atoms with van der Waals surface area (Å²) in [6.45, 7) is 2.53. The van der Waals surface area contributed by atoms with Crippen LogP contribution in [0.25, 0.3) is 0 Å². The zero-order valence-electron chi connectivity index (χ0n) is 39.4. The molecular weight excluding hydrogens is 921 g/mol. The number of fused-ring (bicyclic) bond motifs is 3. The summed E-state index contributed by atoms with van der Waals surface area (Å²) in [6, 6.07) is 16.3. The highest BCUT2D eigenvalue weighted by Crippen LogP contribution is 2.25. The Bertz CT molecular complexity index is 2490. The first-order valence-electron chi connectivity index (χ1n) is 23.8. The Hall–Kier alpha value is -7.98. The molecule has 0 aromatic heterocycles. The van der Waals surface area contributed by atoms with Crippen LogP contribution in [-0.2, 0) is 44.8 Å². The number of azo groups is 1. The number of hydrogen-bond acceptors (Lipinski definition) is 14. The van der Waals surface area contributed by atoms with Crippen LogP contribution in [-0.4, -0.2) is 157 Å². The normalized spacial score (nSPS) is 22.1. The fourth-order valence-corrected chi connectivity index (χ4v) is 9.09. The maximum absolute atomic E-state index is 13.8. The molecule has 71 heavy (non-hydrogen) atoms. The quantitative estimate of drug-likeness (QED) is 0.104. The van der Waals surface area contributed by atoms with Crippen LogP contribution in [0.15, 0.2) is 83.0 Å². The molecule has 4 aliphatic heterocycles. The number of likely N-dealkylation sites (N-methyl/N-ethyl adjacent to an activating group) is 1. The number of amides is 8. The number of anilines is 1. The van der Waals surface area contributed by atoms with Gasteiger partial charge in [0.05, 0.1) is 49.0 Å². The molecule has 8 amide bonds. The Balaban J connectivity index is 0.972. The first-order valence-corrected chi connectivity index (χ1v) is 23.8. The third-order valence-electron chi connectivity index (χ3n) is 12.9. The highest BCUT2D eigenvalue weighted by molar-refractivity contribution is 5.97. The second-order valence-corrected chi connectivity index (χ2v) is 17.5. The van der Waals surface area contributed by atoms with Gasteiger partial charge in [-0.3, -0.25) is 48.5 Å². The number of non-ortho nitro benzene ring substituents is 1. The molecule has 23 heteroatoms. The van der Waals surface area contributed by atoms with E-state index in [4.69, 9.17) is 4.74 Å². The van der Waals surface area contributed by atoms with E-state index in [0.29, 0.717) is 80.9 Å². The van der Waals surface area contributed by atoms with Gasteiger partial charge in [0.15, 0.2) is 0 Å². The minimum Gasteiger partial charge on any atom is -0.492 e. The number of hydrogen-bond donors (Lipinski definition) is 5. The number of carbonyl (C=O) groups excluding carboxylic acids is 8. The molecule has 7 rings (SSSR count). The van der Waals surface area contributed by atoms with E-state index in [1.54, 1.807) is 24.3 Å². The molecule has 0 saturated carbocycles. The van der Waals surface area contributed by atoms with Crippen molar-refractivity contribution in [2.75, 3.05) is 70.4 Å². The van der Waals surface area contributed by atoms with Crippen molar-refractivity contribution in [3.63, 3.8) is 0 Å². The van der Waals surface area contributed by atoms with Crippen LogP contribution in [0.2, 0.25) is 0 Å². The van der Waals surface area contributed by atoms with E-state index in [0.717, 1.165) is 5.69 Å². The maximum Gasteiger partial charge on any atom is 0.269 e. The molecule has 23 nitrogen and oxygen atoms in total. The van der Waals surface area contributed by atoms with Crippen molar-refractivity contribution < 1.29 is 48.0 Å². The van der Waals surface area contributed by atoms with Crippen molar-refractivity contribution in [1.29, 1.82) is 0 Å². The van der Waals surface area contributed by atoms with Gasteiger partial charge in [0, 0.05) is 50.4 Å². The van der Waals surface area contributed by atoms with E-state index in [1.165, 1.54) is 39.0 Å². The van der Waals surface area contributed by atoms with Gasteiger partial charge < -0.3 is 50.9 Å². The zero-order valence-corrected chi connectivity index (χ0v) is 39.4. The van der Waals surface area contributed by atoms with Crippen LogP contribution in [0.5, 0.6) is 5.75 Å². The second-order valence-electron chi connectivity index (χ2n) is 17.5. The van der Waals surface area contributed by atoms with Crippen molar-refractivity contribution in [2.45, 2.75) is 76.0 Å². The molecule has 4 heterocycles. The summed E-state index contributed by atoms with van der Waals surface area (Å²) < 4.78 is 6.06. The maximum atomic E-state index is 13.8. The van der Waals surface area contributed by atoms with Gasteiger partial charge >= 0.3 is 0 Å². The van der Waals surface area contributed by atoms with Gasteiger partial charge in [-0.25, -0.2) is 0 Å². The van der Waals surface area contributed by atoms with Crippen molar-refractivity contribution in [2.24, 2.45) is 10.2 Å². The van der Waals surface area contributed by atoms with Gasteiger partial charge in [0.1, 0.15) is 36.5 Å². The molecule has 4 saturated heterocycles. The molecule has 0 aliphatic carbocycles. The predicted molar refractivity (Wildman–Crippen MR) is 255 cm³/mol. The van der Waals surface area contributed by atoms with E-state index in [-0.39, 0.29) is 31.7 Å². The van der Waals surface area contributed by atoms with Crippen LogP contribution in [0.4, 0.5) is 22.7 Å². The van der Waals surface area contributed by atoms with Gasteiger partial charge in [-0.2, -0.15) is 10.2 Å². The average molecular weight is 979 g/mol. The van der Waals surface area contributed by atoms with Gasteiger partial charge in [0.25, 0.3) is 5.69 Å². The number of ether oxygens (including phenoxy) is 1. The third-order valence-corrected chi connectivity index (χ3v) is 12.9. The summed E-state index contributed by atoms with van der Waals surface area (Å²) in [6.07, 6.45) is 2.58. The van der Waals surface area contributed by atoms with E-state index < -0.39 is 103 Å². The highest BCUT2D eigenvalue weighted by Gasteiger charge is 2.39. The summed E-state index contributed by atoms with van der Waals surface area (Å²) in [5.74, 6) is -4.02. The number of nitrogens with zero attached hydrogens (tertiary/aromatic N) is 7. The topological polar surface area (TPSA) is 287 Å². The molecule has 4 fully saturated rings. The first-order chi connectivity index (χ1) is 34.3. The van der Waals surface area contributed by atoms with Crippen LogP contribution < -0.4 is 36.2 Å². The van der Waals surface area contributed by atoms with Crippen LogP contribution >= 0.6 is 0 Å². The van der Waals surface area contributed by atoms with Crippen LogP contribution in [0.1, 0.15) is 51.0 Å². The Kier molecular flexibility index (Phi) is 17.2. The Morgan fingerprint density at radius 1 is 0.620 bits per heavy atom.